The summed E-state index contributed by atoms with van der Waals surface area (Å²) in [5.74, 6) is 0. The highest BCUT2D eigenvalue weighted by Gasteiger charge is 2.22. The monoisotopic (exact) mass is 239 g/mol. The number of rotatable bonds is 2. The molecule has 1 N–H and O–H groups in total. The zero-order valence-corrected chi connectivity index (χ0v) is 11.6. The first kappa shape index (κ1) is 13.3. The molecule has 0 saturated carbocycles. The van der Waals surface area contributed by atoms with Gasteiger partial charge in [0.2, 0.25) is 0 Å². The number of piperazine rings is 1. The number of likely N-dealkylation sites (N-methyl/N-ethyl adjacent to an activating group) is 1. The van der Waals surface area contributed by atoms with Crippen LogP contribution in [0.15, 0.2) is 0 Å². The molecule has 17 heavy (non-hydrogen) atoms. The molecule has 2 rings (SSSR count). The largest absolute Gasteiger partial charge is 0.313 e. The summed E-state index contributed by atoms with van der Waals surface area (Å²) >= 11 is 0. The molecule has 0 amide bonds. The van der Waals surface area contributed by atoms with Gasteiger partial charge in [0.1, 0.15) is 0 Å². The molecule has 3 nitrogen and oxygen atoms in total. The Bertz CT molecular complexity index is 209. The molecule has 2 unspecified atom stereocenters. The summed E-state index contributed by atoms with van der Waals surface area (Å²) in [6.45, 7) is 8.56. The summed E-state index contributed by atoms with van der Waals surface area (Å²) in [4.78, 5) is 5.13. The van der Waals surface area contributed by atoms with E-state index in [0.29, 0.717) is 0 Å². The highest BCUT2D eigenvalue weighted by molar-refractivity contribution is 4.81. The van der Waals surface area contributed by atoms with Gasteiger partial charge in [-0.3, -0.25) is 4.90 Å². The predicted octanol–water partition coefficient (Wildman–Crippen LogP) is 1.54. The molecule has 0 aromatic carbocycles. The van der Waals surface area contributed by atoms with Gasteiger partial charge >= 0.3 is 0 Å². The number of nitrogens with zero attached hydrogens (tertiary/aromatic N) is 2. The van der Waals surface area contributed by atoms with Crippen molar-refractivity contribution in [3.63, 3.8) is 0 Å². The number of nitrogens with one attached hydrogen (secondary N) is 1. The third kappa shape index (κ3) is 4.23. The molecule has 2 aliphatic heterocycles. The van der Waals surface area contributed by atoms with E-state index in [1.165, 1.54) is 64.8 Å². The first-order valence-corrected chi connectivity index (χ1v) is 7.41. The van der Waals surface area contributed by atoms with E-state index in [9.17, 15) is 0 Å². The van der Waals surface area contributed by atoms with Gasteiger partial charge in [0.05, 0.1) is 0 Å². The van der Waals surface area contributed by atoms with E-state index in [-0.39, 0.29) is 0 Å². The van der Waals surface area contributed by atoms with Gasteiger partial charge in [-0.25, -0.2) is 0 Å². The predicted molar refractivity (Wildman–Crippen MR) is 73.4 cm³/mol. The Morgan fingerprint density at radius 3 is 2.76 bits per heavy atom. The lowest BCUT2D eigenvalue weighted by Gasteiger charge is -2.39. The van der Waals surface area contributed by atoms with E-state index >= 15 is 0 Å². The maximum absolute atomic E-state index is 3.74. The zero-order chi connectivity index (χ0) is 12.1. The lowest BCUT2D eigenvalue weighted by Crippen LogP contribution is -2.53. The van der Waals surface area contributed by atoms with Crippen LogP contribution in [-0.4, -0.2) is 61.7 Å². The Kier molecular flexibility index (Phi) is 5.26. The van der Waals surface area contributed by atoms with Crippen LogP contribution >= 0.6 is 0 Å². The number of hydrogen-bond donors (Lipinski definition) is 1. The second kappa shape index (κ2) is 6.72. The van der Waals surface area contributed by atoms with E-state index in [1.54, 1.807) is 0 Å². The third-order valence-corrected chi connectivity index (χ3v) is 4.43. The summed E-state index contributed by atoms with van der Waals surface area (Å²) in [5.41, 5.74) is 0. The Labute approximate surface area is 107 Å². The van der Waals surface area contributed by atoms with Gasteiger partial charge in [0.25, 0.3) is 0 Å². The van der Waals surface area contributed by atoms with Crippen LogP contribution < -0.4 is 5.32 Å². The van der Waals surface area contributed by atoms with Crippen LogP contribution in [0.3, 0.4) is 0 Å². The fraction of sp³-hybridized carbons (Fsp3) is 1.00. The molecule has 2 fully saturated rings. The van der Waals surface area contributed by atoms with Crippen molar-refractivity contribution in [2.24, 2.45) is 0 Å². The van der Waals surface area contributed by atoms with Gasteiger partial charge in [-0.15, -0.1) is 0 Å². The topological polar surface area (TPSA) is 18.5 Å². The van der Waals surface area contributed by atoms with Crippen LogP contribution in [0.25, 0.3) is 0 Å². The molecular weight excluding hydrogens is 210 g/mol. The van der Waals surface area contributed by atoms with Gasteiger partial charge < -0.3 is 10.2 Å². The molecule has 0 spiro atoms. The van der Waals surface area contributed by atoms with Crippen molar-refractivity contribution in [1.82, 2.24) is 15.1 Å². The Hall–Kier alpha value is -0.120. The lowest BCUT2D eigenvalue weighted by molar-refractivity contribution is 0.0951. The van der Waals surface area contributed by atoms with Gasteiger partial charge in [0, 0.05) is 38.3 Å². The molecule has 2 heterocycles. The normalized spacial score (nSPS) is 34.2. The molecule has 100 valence electrons. The molecule has 0 aromatic rings. The maximum Gasteiger partial charge on any atom is 0.0195 e. The standard InChI is InChI=1S/C14H29N3/c1-13-11-17(10-9-16(13)2)12-14-7-5-3-4-6-8-15-14/h13-15H,3-12H2,1-2H3. The average molecular weight is 239 g/mol. The van der Waals surface area contributed by atoms with Crippen molar-refractivity contribution < 1.29 is 0 Å². The van der Waals surface area contributed by atoms with Gasteiger partial charge in [-0.05, 0) is 33.4 Å². The fourth-order valence-corrected chi connectivity index (χ4v) is 3.03. The van der Waals surface area contributed by atoms with Crippen molar-refractivity contribution in [2.75, 3.05) is 39.8 Å². The minimum absolute atomic E-state index is 0.720. The molecule has 0 radical (unpaired) electrons. The van der Waals surface area contributed by atoms with Crippen LogP contribution in [0.1, 0.15) is 39.0 Å². The second-order valence-electron chi connectivity index (χ2n) is 5.94. The van der Waals surface area contributed by atoms with E-state index in [2.05, 4.69) is 29.1 Å². The summed E-state index contributed by atoms with van der Waals surface area (Å²) in [6, 6.07) is 1.46. The maximum atomic E-state index is 3.74. The van der Waals surface area contributed by atoms with E-state index in [4.69, 9.17) is 0 Å². The molecular formula is C14H29N3. The quantitative estimate of drug-likeness (QED) is 0.789. The van der Waals surface area contributed by atoms with E-state index in [0.717, 1.165) is 12.1 Å². The fourth-order valence-electron chi connectivity index (χ4n) is 3.03. The minimum atomic E-state index is 0.720. The Balaban J connectivity index is 1.75. The first-order valence-electron chi connectivity index (χ1n) is 7.41. The third-order valence-electron chi connectivity index (χ3n) is 4.43. The highest BCUT2D eigenvalue weighted by atomic mass is 15.3. The van der Waals surface area contributed by atoms with Crippen LogP contribution in [0, 0.1) is 0 Å². The molecule has 2 aliphatic rings. The highest BCUT2D eigenvalue weighted by Crippen LogP contribution is 2.13. The van der Waals surface area contributed by atoms with Crippen LogP contribution in [0.2, 0.25) is 0 Å². The Morgan fingerprint density at radius 1 is 1.12 bits per heavy atom. The lowest BCUT2D eigenvalue weighted by atomic mass is 10.0. The van der Waals surface area contributed by atoms with Gasteiger partial charge in [-0.2, -0.15) is 0 Å². The smallest absolute Gasteiger partial charge is 0.0195 e. The average Bonchev–Trinajstić information content (AvgIpc) is 2.27. The van der Waals surface area contributed by atoms with Gasteiger partial charge in [0.15, 0.2) is 0 Å². The van der Waals surface area contributed by atoms with Crippen LogP contribution in [0.5, 0.6) is 0 Å². The summed E-state index contributed by atoms with van der Waals surface area (Å²) in [5, 5.41) is 3.74. The molecule has 0 aromatic heterocycles. The number of hydrogen-bond acceptors (Lipinski definition) is 3. The summed E-state index contributed by atoms with van der Waals surface area (Å²) in [7, 11) is 2.25. The van der Waals surface area contributed by atoms with E-state index in [1.807, 2.05) is 0 Å². The Morgan fingerprint density at radius 2 is 1.94 bits per heavy atom. The van der Waals surface area contributed by atoms with E-state index < -0.39 is 0 Å². The zero-order valence-electron chi connectivity index (χ0n) is 11.6. The molecule has 2 saturated heterocycles. The van der Waals surface area contributed by atoms with Crippen molar-refractivity contribution in [3.8, 4) is 0 Å². The first-order chi connectivity index (χ1) is 8.25. The molecule has 0 aliphatic carbocycles. The van der Waals surface area contributed by atoms with Crippen molar-refractivity contribution in [1.29, 1.82) is 0 Å². The van der Waals surface area contributed by atoms with Crippen LogP contribution in [-0.2, 0) is 0 Å². The van der Waals surface area contributed by atoms with Crippen molar-refractivity contribution in [2.45, 2.75) is 51.1 Å². The summed E-state index contributed by atoms with van der Waals surface area (Å²) < 4.78 is 0. The van der Waals surface area contributed by atoms with Crippen molar-refractivity contribution >= 4 is 0 Å². The minimum Gasteiger partial charge on any atom is -0.313 e. The molecule has 0 bridgehead atoms. The van der Waals surface area contributed by atoms with Gasteiger partial charge in [-0.1, -0.05) is 19.3 Å². The SMILES string of the molecule is CC1CN(CC2CCCCCCN2)CCN1C. The summed E-state index contributed by atoms with van der Waals surface area (Å²) in [6.07, 6.45) is 7.03. The molecule has 3 heteroatoms. The van der Waals surface area contributed by atoms with Crippen molar-refractivity contribution in [3.05, 3.63) is 0 Å². The second-order valence-corrected chi connectivity index (χ2v) is 5.94. The van der Waals surface area contributed by atoms with Crippen LogP contribution in [0.4, 0.5) is 0 Å². The molecule has 2 atom stereocenters.